The van der Waals surface area contributed by atoms with Crippen LogP contribution in [-0.4, -0.2) is 60.6 Å². The third-order valence-corrected chi connectivity index (χ3v) is 7.50. The number of Topliss-reactive ketones (excluding diaryl/α,β-unsaturated/α-hetero) is 1. The first kappa shape index (κ1) is 27.5. The van der Waals surface area contributed by atoms with Crippen LogP contribution in [0.3, 0.4) is 0 Å². The number of carbonyl (C=O) groups is 1. The summed E-state index contributed by atoms with van der Waals surface area (Å²) in [5.41, 5.74) is 8.21. The Kier molecular flexibility index (Phi) is 7.17. The lowest BCUT2D eigenvalue weighted by Crippen LogP contribution is -2.34. The number of hydrogen-bond acceptors (Lipinski definition) is 8. The zero-order chi connectivity index (χ0) is 29.5. The summed E-state index contributed by atoms with van der Waals surface area (Å²) in [6.45, 7) is 0.231. The fourth-order valence-electron chi connectivity index (χ4n) is 5.52. The molecule has 0 aliphatic carbocycles. The number of aliphatic hydroxyl groups excluding tert-OH is 1. The van der Waals surface area contributed by atoms with E-state index in [9.17, 15) is 23.1 Å². The number of halogens is 3. The highest BCUT2D eigenvalue weighted by Crippen LogP contribution is 2.37. The minimum atomic E-state index is -0.844. The second-order valence-corrected chi connectivity index (χ2v) is 10.2. The maximum Gasteiger partial charge on any atom is 0.185 e. The minimum absolute atomic E-state index is 0.0252. The first-order valence-electron chi connectivity index (χ1n) is 13.3. The predicted molar refractivity (Wildman–Crippen MR) is 150 cm³/mol. The molecule has 0 spiro atoms. The Bertz CT molecular complexity index is 1810. The summed E-state index contributed by atoms with van der Waals surface area (Å²) in [7, 11) is 1.75. The third kappa shape index (κ3) is 4.78. The van der Waals surface area contributed by atoms with E-state index in [0.29, 0.717) is 41.1 Å². The van der Waals surface area contributed by atoms with Crippen LogP contribution in [0, 0.1) is 17.5 Å². The number of aromatic nitrogens is 5. The van der Waals surface area contributed by atoms with Crippen LogP contribution in [-0.2, 0) is 13.5 Å². The largest absolute Gasteiger partial charge is 0.394 e. The lowest BCUT2D eigenvalue weighted by Gasteiger charge is -2.28. The van der Waals surface area contributed by atoms with Gasteiger partial charge in [-0.05, 0) is 48.4 Å². The van der Waals surface area contributed by atoms with E-state index >= 15 is 0 Å². The van der Waals surface area contributed by atoms with Gasteiger partial charge in [-0.25, -0.2) is 33.1 Å². The Morgan fingerprint density at radius 2 is 1.76 bits per heavy atom. The van der Waals surface area contributed by atoms with E-state index in [2.05, 4.69) is 15.0 Å². The van der Waals surface area contributed by atoms with Crippen molar-refractivity contribution in [3.63, 3.8) is 0 Å². The topological polar surface area (TPSA) is 123 Å². The first-order chi connectivity index (χ1) is 20.3. The molecule has 0 bridgehead atoms. The van der Waals surface area contributed by atoms with E-state index in [1.54, 1.807) is 23.7 Å². The molecule has 0 saturated carbocycles. The molecule has 1 aliphatic heterocycles. The summed E-state index contributed by atoms with van der Waals surface area (Å²) in [5, 5.41) is 10.2. The maximum atomic E-state index is 14.7. The average Bonchev–Trinajstić information content (AvgIpc) is 3.52. The van der Waals surface area contributed by atoms with Gasteiger partial charge in [0.1, 0.15) is 28.5 Å². The molecule has 12 heteroatoms. The number of pyridine rings is 1. The van der Waals surface area contributed by atoms with Gasteiger partial charge in [-0.2, -0.15) is 0 Å². The summed E-state index contributed by atoms with van der Waals surface area (Å²) < 4.78 is 45.2. The normalized spacial score (nSPS) is 16.9. The molecular weight excluding hydrogens is 547 g/mol. The molecule has 214 valence electrons. The molecule has 9 nitrogen and oxygen atoms in total. The molecule has 1 fully saturated rings. The van der Waals surface area contributed by atoms with Crippen molar-refractivity contribution in [1.29, 1.82) is 0 Å². The van der Waals surface area contributed by atoms with Crippen molar-refractivity contribution in [2.24, 2.45) is 12.8 Å². The van der Waals surface area contributed by atoms with E-state index in [1.807, 2.05) is 4.90 Å². The Labute approximate surface area is 238 Å². The molecular formula is C30H26F3N7O2. The zero-order valence-corrected chi connectivity index (χ0v) is 22.5. The van der Waals surface area contributed by atoms with Crippen LogP contribution in [0.4, 0.5) is 18.9 Å². The van der Waals surface area contributed by atoms with Gasteiger partial charge in [-0.3, -0.25) is 4.79 Å². The van der Waals surface area contributed by atoms with Gasteiger partial charge in [0.05, 0.1) is 29.4 Å². The number of fused-ring (bicyclic) bond motifs is 1. The second-order valence-electron chi connectivity index (χ2n) is 10.2. The molecule has 0 unspecified atom stereocenters. The maximum absolute atomic E-state index is 14.7. The van der Waals surface area contributed by atoms with Crippen LogP contribution in [0.25, 0.3) is 33.9 Å². The number of aliphatic hydroxyl groups is 1. The summed E-state index contributed by atoms with van der Waals surface area (Å²) in [5.74, 6) is -2.60. The zero-order valence-electron chi connectivity index (χ0n) is 22.5. The number of ketones is 1. The number of imidazole rings is 1. The Morgan fingerprint density at radius 3 is 2.50 bits per heavy atom. The van der Waals surface area contributed by atoms with Crippen LogP contribution >= 0.6 is 0 Å². The smallest absolute Gasteiger partial charge is 0.185 e. The molecule has 3 N–H and O–H groups in total. The van der Waals surface area contributed by atoms with Crippen LogP contribution < -0.4 is 10.6 Å². The Balaban J connectivity index is 1.46. The van der Waals surface area contributed by atoms with E-state index < -0.39 is 28.8 Å². The Morgan fingerprint density at radius 1 is 1.00 bits per heavy atom. The summed E-state index contributed by atoms with van der Waals surface area (Å²) in [4.78, 5) is 32.6. The SMILES string of the molecule is Cn1c(-c2ncccc2F)nc2c(N3C[C@H](N)C[C@H]3CO)c(CC(=O)c3ccnc(-c4c(F)cccc4F)n3)ccc21. The highest BCUT2D eigenvalue weighted by molar-refractivity contribution is 6.00. The number of rotatable bonds is 7. The van der Waals surface area contributed by atoms with Gasteiger partial charge in [0.2, 0.25) is 0 Å². The van der Waals surface area contributed by atoms with Gasteiger partial charge in [-0.15, -0.1) is 0 Å². The summed E-state index contributed by atoms with van der Waals surface area (Å²) >= 11 is 0. The minimum Gasteiger partial charge on any atom is -0.394 e. The fraction of sp³-hybridized carbons (Fsp3) is 0.233. The number of carbonyl (C=O) groups excluding carboxylic acids is 1. The van der Waals surface area contributed by atoms with Crippen molar-refractivity contribution >= 4 is 22.5 Å². The molecule has 6 rings (SSSR count). The van der Waals surface area contributed by atoms with Crippen molar-refractivity contribution in [3.8, 4) is 22.9 Å². The number of benzene rings is 2. The van der Waals surface area contributed by atoms with Gasteiger partial charge >= 0.3 is 0 Å². The molecule has 2 atom stereocenters. The summed E-state index contributed by atoms with van der Waals surface area (Å²) in [6, 6.07) is 10.6. The monoisotopic (exact) mass is 573 g/mol. The van der Waals surface area contributed by atoms with Crippen molar-refractivity contribution in [2.45, 2.75) is 24.9 Å². The van der Waals surface area contributed by atoms with E-state index in [4.69, 9.17) is 10.7 Å². The van der Waals surface area contributed by atoms with Crippen molar-refractivity contribution in [2.75, 3.05) is 18.1 Å². The molecule has 1 aliphatic rings. The molecule has 0 amide bonds. The van der Waals surface area contributed by atoms with Gasteiger partial charge in [0.15, 0.2) is 23.2 Å². The standard InChI is InChI=1S/C30H26F3N7O2/c1-39-23-8-7-16(12-24(42)22-9-11-36-29(37-22)25-19(31)4-2-5-20(25)32)28(40-14-17(34)13-18(40)15-41)27(23)38-30(39)26-21(33)6-3-10-35-26/h2-11,17-18,41H,12-15,34H2,1H3/t17-,18+/m1/s1. The van der Waals surface area contributed by atoms with Crippen LogP contribution in [0.1, 0.15) is 22.5 Å². The van der Waals surface area contributed by atoms with Crippen LogP contribution in [0.2, 0.25) is 0 Å². The lowest BCUT2D eigenvalue weighted by molar-refractivity contribution is 0.0988. The highest BCUT2D eigenvalue weighted by atomic mass is 19.1. The molecule has 0 radical (unpaired) electrons. The van der Waals surface area contributed by atoms with Gasteiger partial charge in [0, 0.05) is 38.4 Å². The second kappa shape index (κ2) is 11.0. The van der Waals surface area contributed by atoms with Gasteiger partial charge in [-0.1, -0.05) is 12.1 Å². The molecule has 42 heavy (non-hydrogen) atoms. The van der Waals surface area contributed by atoms with Gasteiger partial charge < -0.3 is 20.3 Å². The van der Waals surface area contributed by atoms with E-state index in [0.717, 1.165) is 12.1 Å². The third-order valence-electron chi connectivity index (χ3n) is 7.50. The molecule has 4 heterocycles. The van der Waals surface area contributed by atoms with Crippen molar-refractivity contribution in [3.05, 3.63) is 89.6 Å². The van der Waals surface area contributed by atoms with E-state index in [1.165, 1.54) is 36.7 Å². The quantitative estimate of drug-likeness (QED) is 0.282. The molecule has 1 saturated heterocycles. The molecule has 2 aromatic carbocycles. The Hall–Kier alpha value is -4.68. The highest BCUT2D eigenvalue weighted by Gasteiger charge is 2.34. The molecule has 5 aromatic rings. The molecule has 3 aromatic heterocycles. The van der Waals surface area contributed by atoms with Crippen molar-refractivity contribution < 1.29 is 23.1 Å². The van der Waals surface area contributed by atoms with E-state index in [-0.39, 0.29) is 42.3 Å². The number of aryl methyl sites for hydroxylation is 1. The lowest BCUT2D eigenvalue weighted by atomic mass is 10.0. The van der Waals surface area contributed by atoms with Crippen LogP contribution in [0.15, 0.2) is 60.9 Å². The predicted octanol–water partition coefficient (Wildman–Crippen LogP) is 3.83. The summed E-state index contributed by atoms with van der Waals surface area (Å²) in [6.07, 6.45) is 3.14. The number of anilines is 1. The number of nitrogens with zero attached hydrogens (tertiary/aromatic N) is 6. The van der Waals surface area contributed by atoms with Gasteiger partial charge in [0.25, 0.3) is 0 Å². The van der Waals surface area contributed by atoms with Crippen LogP contribution in [0.5, 0.6) is 0 Å². The first-order valence-corrected chi connectivity index (χ1v) is 13.3. The van der Waals surface area contributed by atoms with Crippen molar-refractivity contribution in [1.82, 2.24) is 24.5 Å². The fourth-order valence-corrected chi connectivity index (χ4v) is 5.52. The number of hydrogen-bond donors (Lipinski definition) is 2. The number of nitrogens with two attached hydrogens (primary N) is 1. The average molecular weight is 574 g/mol.